The van der Waals surface area contributed by atoms with Crippen LogP contribution in [0.15, 0.2) is 24.3 Å². The zero-order chi connectivity index (χ0) is 14.8. The molecule has 0 bridgehead atoms. The lowest BCUT2D eigenvalue weighted by molar-refractivity contribution is 0.339. The molecule has 0 aliphatic carbocycles. The fraction of sp³-hybridized carbons (Fsp3) is 0.600. The van der Waals surface area contributed by atoms with E-state index in [1.807, 2.05) is 38.1 Å². The molecule has 1 aliphatic rings. The second-order valence-electron chi connectivity index (χ2n) is 5.77. The minimum absolute atomic E-state index is 0.115. The maximum absolute atomic E-state index is 11.6. The Bertz CT molecular complexity index is 553. The summed E-state index contributed by atoms with van der Waals surface area (Å²) in [6.07, 6.45) is 0.677. The maximum Gasteiger partial charge on any atom is 0.152 e. The lowest BCUT2D eigenvalue weighted by Crippen LogP contribution is -2.44. The summed E-state index contributed by atoms with van der Waals surface area (Å²) in [6.45, 7) is 6.66. The first-order valence-electron chi connectivity index (χ1n) is 7.04. The van der Waals surface area contributed by atoms with Crippen LogP contribution in [0.4, 0.5) is 0 Å². The average molecular weight is 297 g/mol. The van der Waals surface area contributed by atoms with Crippen LogP contribution in [0.1, 0.15) is 38.8 Å². The highest BCUT2D eigenvalue weighted by atomic mass is 32.2. The number of rotatable bonds is 5. The second kappa shape index (κ2) is 5.74. The maximum atomic E-state index is 11.6. The molecule has 112 valence electrons. The zero-order valence-electron chi connectivity index (χ0n) is 12.3. The molecule has 1 aromatic rings. The fourth-order valence-corrected chi connectivity index (χ4v) is 4.85. The molecule has 0 amide bonds. The number of hydrogen-bond donors (Lipinski definition) is 1. The number of ether oxygens (including phenoxy) is 1. The van der Waals surface area contributed by atoms with Gasteiger partial charge >= 0.3 is 0 Å². The van der Waals surface area contributed by atoms with E-state index in [0.29, 0.717) is 13.0 Å². The van der Waals surface area contributed by atoms with Crippen LogP contribution in [-0.4, -0.2) is 32.1 Å². The zero-order valence-corrected chi connectivity index (χ0v) is 13.2. The standard InChI is InChI=1S/C15H23NO3S/c1-4-19-14-7-5-13(6-8-14)12(2)16-15(3)9-10-20(17,18)11-15/h5-8,12,16H,4,9-11H2,1-3H3. The van der Waals surface area contributed by atoms with Crippen molar-refractivity contribution < 1.29 is 13.2 Å². The summed E-state index contributed by atoms with van der Waals surface area (Å²) >= 11 is 0. The Kier molecular flexibility index (Phi) is 4.39. The van der Waals surface area contributed by atoms with Crippen LogP contribution in [-0.2, 0) is 9.84 Å². The van der Waals surface area contributed by atoms with Crippen molar-refractivity contribution in [2.45, 2.75) is 38.8 Å². The molecule has 0 saturated carbocycles. The molecule has 1 aromatic carbocycles. The van der Waals surface area contributed by atoms with Gasteiger partial charge < -0.3 is 10.1 Å². The Morgan fingerprint density at radius 1 is 1.35 bits per heavy atom. The first kappa shape index (κ1) is 15.3. The number of hydrogen-bond acceptors (Lipinski definition) is 4. The van der Waals surface area contributed by atoms with Gasteiger partial charge in [0.05, 0.1) is 18.1 Å². The van der Waals surface area contributed by atoms with Crippen molar-refractivity contribution in [2.24, 2.45) is 0 Å². The van der Waals surface area contributed by atoms with Gasteiger partial charge in [-0.3, -0.25) is 0 Å². The second-order valence-corrected chi connectivity index (χ2v) is 7.95. The molecule has 2 rings (SSSR count). The lowest BCUT2D eigenvalue weighted by atomic mass is 9.98. The van der Waals surface area contributed by atoms with Crippen molar-refractivity contribution in [1.82, 2.24) is 5.32 Å². The third-order valence-electron chi connectivity index (χ3n) is 3.76. The van der Waals surface area contributed by atoms with Crippen LogP contribution < -0.4 is 10.1 Å². The Balaban J connectivity index is 2.03. The van der Waals surface area contributed by atoms with Gasteiger partial charge in [-0.1, -0.05) is 12.1 Å². The largest absolute Gasteiger partial charge is 0.494 e. The van der Waals surface area contributed by atoms with Crippen LogP contribution in [0.3, 0.4) is 0 Å². The van der Waals surface area contributed by atoms with E-state index in [1.54, 1.807) is 0 Å². The van der Waals surface area contributed by atoms with E-state index in [9.17, 15) is 8.42 Å². The minimum Gasteiger partial charge on any atom is -0.494 e. The van der Waals surface area contributed by atoms with Crippen molar-refractivity contribution >= 4 is 9.84 Å². The molecule has 1 fully saturated rings. The SMILES string of the molecule is CCOc1ccc(C(C)NC2(C)CCS(=O)(=O)C2)cc1. The van der Waals surface area contributed by atoms with Gasteiger partial charge in [-0.05, 0) is 44.9 Å². The predicted molar refractivity (Wildman–Crippen MR) is 80.8 cm³/mol. The highest BCUT2D eigenvalue weighted by Gasteiger charge is 2.38. The monoisotopic (exact) mass is 297 g/mol. The summed E-state index contributed by atoms with van der Waals surface area (Å²) in [6, 6.07) is 8.06. The Labute approximate surface area is 121 Å². The van der Waals surface area contributed by atoms with Gasteiger partial charge in [0.2, 0.25) is 0 Å². The van der Waals surface area contributed by atoms with Gasteiger partial charge in [0.25, 0.3) is 0 Å². The van der Waals surface area contributed by atoms with E-state index in [1.165, 1.54) is 0 Å². The molecule has 5 heteroatoms. The summed E-state index contributed by atoms with van der Waals surface area (Å²) < 4.78 is 28.7. The molecule has 1 N–H and O–H groups in total. The van der Waals surface area contributed by atoms with Gasteiger partial charge in [-0.25, -0.2) is 8.42 Å². The van der Waals surface area contributed by atoms with Gasteiger partial charge in [-0.15, -0.1) is 0 Å². The molecule has 0 radical (unpaired) electrons. The smallest absolute Gasteiger partial charge is 0.152 e. The number of benzene rings is 1. The summed E-state index contributed by atoms with van der Waals surface area (Å²) in [5, 5.41) is 3.46. The van der Waals surface area contributed by atoms with Gasteiger partial charge in [-0.2, -0.15) is 0 Å². The van der Waals surface area contributed by atoms with Crippen LogP contribution in [0.25, 0.3) is 0 Å². The molecule has 1 aliphatic heterocycles. The Hall–Kier alpha value is -1.07. The average Bonchev–Trinajstić information content (AvgIpc) is 2.64. The van der Waals surface area contributed by atoms with E-state index in [-0.39, 0.29) is 23.1 Å². The van der Waals surface area contributed by atoms with Crippen molar-refractivity contribution in [3.8, 4) is 5.75 Å². The van der Waals surface area contributed by atoms with E-state index in [4.69, 9.17) is 4.74 Å². The highest BCUT2D eigenvalue weighted by Crippen LogP contribution is 2.27. The fourth-order valence-electron chi connectivity index (χ4n) is 2.75. The van der Waals surface area contributed by atoms with Gasteiger partial charge in [0.15, 0.2) is 9.84 Å². The number of sulfone groups is 1. The summed E-state index contributed by atoms with van der Waals surface area (Å²) in [7, 11) is -2.88. The van der Waals surface area contributed by atoms with Crippen LogP contribution in [0.2, 0.25) is 0 Å². The molecule has 2 atom stereocenters. The minimum atomic E-state index is -2.88. The normalized spacial score (nSPS) is 26.4. The van der Waals surface area contributed by atoms with Crippen molar-refractivity contribution in [3.05, 3.63) is 29.8 Å². The van der Waals surface area contributed by atoms with Crippen LogP contribution >= 0.6 is 0 Å². The summed E-state index contributed by atoms with van der Waals surface area (Å²) in [4.78, 5) is 0. The molecule has 1 heterocycles. The first-order chi connectivity index (χ1) is 9.34. The van der Waals surface area contributed by atoms with Crippen molar-refractivity contribution in [3.63, 3.8) is 0 Å². The molecule has 2 unspecified atom stereocenters. The van der Waals surface area contributed by atoms with E-state index in [2.05, 4.69) is 12.2 Å². The topological polar surface area (TPSA) is 55.4 Å². The van der Waals surface area contributed by atoms with E-state index < -0.39 is 9.84 Å². The highest BCUT2D eigenvalue weighted by molar-refractivity contribution is 7.91. The molecular formula is C15H23NO3S. The van der Waals surface area contributed by atoms with Crippen molar-refractivity contribution in [1.29, 1.82) is 0 Å². The molecule has 4 nitrogen and oxygen atoms in total. The van der Waals surface area contributed by atoms with Gasteiger partial charge in [0.1, 0.15) is 5.75 Å². The molecule has 0 spiro atoms. The molecule has 20 heavy (non-hydrogen) atoms. The third-order valence-corrected chi connectivity index (χ3v) is 5.66. The summed E-state index contributed by atoms with van der Waals surface area (Å²) in [5.41, 5.74) is 0.815. The Morgan fingerprint density at radius 3 is 2.50 bits per heavy atom. The summed E-state index contributed by atoms with van der Waals surface area (Å²) in [5.74, 6) is 1.37. The van der Waals surface area contributed by atoms with E-state index in [0.717, 1.165) is 11.3 Å². The van der Waals surface area contributed by atoms with Crippen molar-refractivity contribution in [2.75, 3.05) is 18.1 Å². The number of nitrogens with one attached hydrogen (secondary N) is 1. The Morgan fingerprint density at radius 2 is 2.00 bits per heavy atom. The van der Waals surface area contributed by atoms with Crippen LogP contribution in [0.5, 0.6) is 5.75 Å². The van der Waals surface area contributed by atoms with Crippen LogP contribution in [0, 0.1) is 0 Å². The molecular weight excluding hydrogens is 274 g/mol. The quantitative estimate of drug-likeness (QED) is 0.906. The van der Waals surface area contributed by atoms with Gasteiger partial charge in [0, 0.05) is 11.6 Å². The predicted octanol–water partition coefficient (Wildman–Crippen LogP) is 2.31. The molecule has 1 saturated heterocycles. The third kappa shape index (κ3) is 3.73. The lowest BCUT2D eigenvalue weighted by Gasteiger charge is -2.29. The van der Waals surface area contributed by atoms with E-state index >= 15 is 0 Å². The first-order valence-corrected chi connectivity index (χ1v) is 8.87. The molecule has 0 aromatic heterocycles.